The highest BCUT2D eigenvalue weighted by Crippen LogP contribution is 2.25. The molecule has 4 N–H and O–H groups in total. The van der Waals surface area contributed by atoms with Gasteiger partial charge in [-0.15, -0.1) is 0 Å². The van der Waals surface area contributed by atoms with Gasteiger partial charge >= 0.3 is 0 Å². The van der Waals surface area contributed by atoms with Gasteiger partial charge in [0, 0.05) is 10.7 Å². The number of halogens is 3. The number of hydrogen-bond donors (Lipinski definition) is 3. The number of carbonyl (C=O) groups is 2. The largest absolute Gasteiger partial charge is 0.326 e. The third-order valence-electron chi connectivity index (χ3n) is 4.18. The number of nitrogens with two attached hydrogens (primary N) is 1. The van der Waals surface area contributed by atoms with Crippen molar-refractivity contribution in [2.75, 3.05) is 10.6 Å². The third kappa shape index (κ3) is 5.96. The Labute approximate surface area is 198 Å². The molecule has 0 fully saturated rings. The molecule has 0 bridgehead atoms. The second-order valence-corrected chi connectivity index (χ2v) is 9.23. The fraction of sp³-hybridized carbons (Fsp3) is 0.0500. The van der Waals surface area contributed by atoms with E-state index in [9.17, 15) is 18.0 Å². The lowest BCUT2D eigenvalue weighted by atomic mass is 10.1. The maximum Gasteiger partial charge on any atom is 0.257 e. The molecule has 0 saturated heterocycles. The summed E-state index contributed by atoms with van der Waals surface area (Å²) in [4.78, 5) is 28.3. The first-order valence-electron chi connectivity index (χ1n) is 8.87. The maximum absolute atomic E-state index is 12.7. The van der Waals surface area contributed by atoms with E-state index in [4.69, 9.17) is 39.9 Å². The van der Waals surface area contributed by atoms with Crippen molar-refractivity contribution < 1.29 is 18.0 Å². The van der Waals surface area contributed by atoms with Gasteiger partial charge in [0.25, 0.3) is 5.91 Å². The van der Waals surface area contributed by atoms with E-state index in [1.807, 2.05) is 0 Å². The molecule has 12 heteroatoms. The van der Waals surface area contributed by atoms with Gasteiger partial charge in [0.15, 0.2) is 0 Å². The summed E-state index contributed by atoms with van der Waals surface area (Å²) in [6, 6.07) is 11.9. The van der Waals surface area contributed by atoms with Gasteiger partial charge in [-0.25, -0.2) is 18.5 Å². The van der Waals surface area contributed by atoms with Crippen LogP contribution in [-0.2, 0) is 21.2 Å². The lowest BCUT2D eigenvalue weighted by Gasteiger charge is -2.12. The van der Waals surface area contributed by atoms with Crippen LogP contribution in [0.2, 0.25) is 15.2 Å². The van der Waals surface area contributed by atoms with Crippen molar-refractivity contribution in [3.8, 4) is 0 Å². The molecule has 0 aliphatic rings. The highest BCUT2D eigenvalue weighted by molar-refractivity contribution is 7.89. The molecule has 0 unspecified atom stereocenters. The maximum atomic E-state index is 12.7. The van der Waals surface area contributed by atoms with Crippen molar-refractivity contribution in [1.82, 2.24) is 4.98 Å². The van der Waals surface area contributed by atoms with Crippen LogP contribution in [0.15, 0.2) is 59.6 Å². The summed E-state index contributed by atoms with van der Waals surface area (Å²) >= 11 is 17.7. The van der Waals surface area contributed by atoms with Crippen LogP contribution in [0.25, 0.3) is 0 Å². The van der Waals surface area contributed by atoms with Gasteiger partial charge in [-0.2, -0.15) is 0 Å². The van der Waals surface area contributed by atoms with Gasteiger partial charge in [0.2, 0.25) is 15.9 Å². The summed E-state index contributed by atoms with van der Waals surface area (Å²) < 4.78 is 24.2. The zero-order chi connectivity index (χ0) is 23.5. The quantitative estimate of drug-likeness (QED) is 0.427. The molecule has 8 nitrogen and oxygen atoms in total. The zero-order valence-corrected chi connectivity index (χ0v) is 19.2. The number of nitrogens with zero attached hydrogens (tertiary/aromatic N) is 1. The van der Waals surface area contributed by atoms with Crippen molar-refractivity contribution in [3.63, 3.8) is 0 Å². The second kappa shape index (κ2) is 9.85. The Hall–Kier alpha value is -2.69. The number of pyridine rings is 1. The number of rotatable bonds is 6. The number of anilines is 2. The minimum Gasteiger partial charge on any atom is -0.326 e. The van der Waals surface area contributed by atoms with Crippen LogP contribution in [-0.4, -0.2) is 25.2 Å². The average Bonchev–Trinajstić information content (AvgIpc) is 2.71. The molecule has 3 rings (SSSR count). The Kier molecular flexibility index (Phi) is 7.37. The van der Waals surface area contributed by atoms with Gasteiger partial charge in [-0.1, -0.05) is 53.0 Å². The van der Waals surface area contributed by atoms with Gasteiger partial charge in [0.05, 0.1) is 33.8 Å². The van der Waals surface area contributed by atoms with Crippen LogP contribution < -0.4 is 15.8 Å². The van der Waals surface area contributed by atoms with Crippen LogP contribution in [0, 0.1) is 0 Å². The van der Waals surface area contributed by atoms with Gasteiger partial charge in [-0.05, 0) is 35.9 Å². The van der Waals surface area contributed by atoms with Crippen molar-refractivity contribution in [2.24, 2.45) is 5.14 Å². The SMILES string of the molecule is NS(=O)(=O)c1cc(NC(=O)Cc2ccccc2Cl)ccc1C(=O)Nc1cnc(Cl)c(Cl)c1. The normalized spacial score (nSPS) is 11.1. The van der Waals surface area contributed by atoms with E-state index in [1.54, 1.807) is 24.3 Å². The monoisotopic (exact) mass is 512 g/mol. The number of benzene rings is 2. The van der Waals surface area contributed by atoms with E-state index in [0.717, 1.165) is 6.07 Å². The Morgan fingerprint density at radius 1 is 0.938 bits per heavy atom. The van der Waals surface area contributed by atoms with E-state index in [1.165, 1.54) is 24.4 Å². The van der Waals surface area contributed by atoms with Crippen molar-refractivity contribution in [1.29, 1.82) is 0 Å². The molecule has 0 saturated carbocycles. The van der Waals surface area contributed by atoms with Crippen LogP contribution in [0.3, 0.4) is 0 Å². The standard InChI is InChI=1S/C20H15Cl3N4O4S/c21-15-4-2-1-3-11(15)7-18(28)26-12-5-6-14(17(9-12)32(24,30)31)20(29)27-13-8-16(22)19(23)25-10-13/h1-6,8-10H,7H2,(H,26,28)(H,27,29)(H2,24,30,31). The van der Waals surface area contributed by atoms with E-state index < -0.39 is 26.7 Å². The number of primary sulfonamides is 1. The van der Waals surface area contributed by atoms with Crippen LogP contribution in [0.1, 0.15) is 15.9 Å². The fourth-order valence-corrected chi connectivity index (χ4v) is 3.96. The molecule has 0 aliphatic heterocycles. The Morgan fingerprint density at radius 2 is 1.66 bits per heavy atom. The predicted molar refractivity (Wildman–Crippen MR) is 124 cm³/mol. The molecule has 0 aliphatic carbocycles. The average molecular weight is 514 g/mol. The molecule has 2 aromatic carbocycles. The molecule has 3 aromatic rings. The zero-order valence-electron chi connectivity index (χ0n) is 16.1. The lowest BCUT2D eigenvalue weighted by molar-refractivity contribution is -0.115. The van der Waals surface area contributed by atoms with Gasteiger partial charge < -0.3 is 10.6 Å². The van der Waals surface area contributed by atoms with Gasteiger partial charge in [-0.3, -0.25) is 9.59 Å². The smallest absolute Gasteiger partial charge is 0.257 e. The van der Waals surface area contributed by atoms with Crippen molar-refractivity contribution in [3.05, 3.63) is 81.1 Å². The van der Waals surface area contributed by atoms with Crippen molar-refractivity contribution >= 4 is 68.0 Å². The number of carbonyl (C=O) groups excluding carboxylic acids is 2. The number of aromatic nitrogens is 1. The first-order valence-corrected chi connectivity index (χ1v) is 11.5. The van der Waals surface area contributed by atoms with Crippen LogP contribution in [0.5, 0.6) is 0 Å². The molecular weight excluding hydrogens is 499 g/mol. The molecule has 0 atom stereocenters. The molecule has 166 valence electrons. The first kappa shape index (κ1) is 24.0. The summed E-state index contributed by atoms with van der Waals surface area (Å²) in [5.41, 5.74) is 0.702. The summed E-state index contributed by atoms with van der Waals surface area (Å²) in [6.45, 7) is 0. The molecule has 0 spiro atoms. The molecule has 32 heavy (non-hydrogen) atoms. The highest BCUT2D eigenvalue weighted by Gasteiger charge is 2.21. The third-order valence-corrected chi connectivity index (χ3v) is 6.19. The van der Waals surface area contributed by atoms with Crippen LogP contribution >= 0.6 is 34.8 Å². The van der Waals surface area contributed by atoms with E-state index >= 15 is 0 Å². The van der Waals surface area contributed by atoms with Crippen molar-refractivity contribution in [2.45, 2.75) is 11.3 Å². The second-order valence-electron chi connectivity index (χ2n) is 6.52. The number of sulfonamides is 1. The Bertz CT molecular complexity index is 1320. The number of amides is 2. The minimum atomic E-state index is -4.31. The lowest BCUT2D eigenvalue weighted by Crippen LogP contribution is -2.21. The number of hydrogen-bond acceptors (Lipinski definition) is 5. The summed E-state index contributed by atoms with van der Waals surface area (Å²) in [7, 11) is -4.31. The van der Waals surface area contributed by atoms with Gasteiger partial charge in [0.1, 0.15) is 5.15 Å². The fourth-order valence-electron chi connectivity index (χ4n) is 2.73. The Balaban J connectivity index is 1.84. The highest BCUT2D eigenvalue weighted by atomic mass is 35.5. The first-order chi connectivity index (χ1) is 15.0. The topological polar surface area (TPSA) is 131 Å². The molecule has 0 radical (unpaired) electrons. The minimum absolute atomic E-state index is 0.0308. The summed E-state index contributed by atoms with van der Waals surface area (Å²) in [5, 5.41) is 10.9. The van der Waals surface area contributed by atoms with E-state index in [0.29, 0.717) is 10.6 Å². The predicted octanol–water partition coefficient (Wildman–Crippen LogP) is 4.12. The Morgan fingerprint density at radius 3 is 2.31 bits per heavy atom. The summed E-state index contributed by atoms with van der Waals surface area (Å²) in [5.74, 6) is -1.21. The molecule has 2 amide bonds. The summed E-state index contributed by atoms with van der Waals surface area (Å²) in [6.07, 6.45) is 1.23. The van der Waals surface area contributed by atoms with E-state index in [2.05, 4.69) is 15.6 Å². The van der Waals surface area contributed by atoms with E-state index in [-0.39, 0.29) is 33.5 Å². The molecular formula is C20H15Cl3N4O4S. The number of nitrogens with one attached hydrogen (secondary N) is 2. The molecule has 1 heterocycles. The molecule has 1 aromatic heterocycles. The van der Waals surface area contributed by atoms with Crippen LogP contribution in [0.4, 0.5) is 11.4 Å².